The highest BCUT2D eigenvalue weighted by Gasteiger charge is 2.44. The highest BCUT2D eigenvalue weighted by Crippen LogP contribution is 2.41. The molecule has 0 amide bonds. The minimum atomic E-state index is -4.39. The first-order valence-electron chi connectivity index (χ1n) is 6.77. The molecule has 0 fully saturated rings. The van der Waals surface area contributed by atoms with E-state index in [2.05, 4.69) is 16.7 Å². The van der Waals surface area contributed by atoms with Crippen molar-refractivity contribution in [1.82, 2.24) is 9.29 Å². The topological polar surface area (TPSA) is 28.5 Å². The maximum atomic E-state index is 13.5. The van der Waals surface area contributed by atoms with Crippen molar-refractivity contribution in [2.75, 3.05) is 7.05 Å². The molecule has 0 aliphatic rings. The SMILES string of the molecule is C=Nc1cncc(SN(C)C(c2ccc(C)cc2)C(F)(F)F)c1. The Kier molecular flexibility index (Phi) is 5.43. The van der Waals surface area contributed by atoms with Gasteiger partial charge in [0.05, 0.1) is 11.9 Å². The minimum absolute atomic E-state index is 0.198. The van der Waals surface area contributed by atoms with Crippen molar-refractivity contribution in [2.24, 2.45) is 4.99 Å². The van der Waals surface area contributed by atoms with E-state index < -0.39 is 12.2 Å². The number of aryl methyl sites for hydroxylation is 1. The second-order valence-corrected chi connectivity index (χ2v) is 6.26. The van der Waals surface area contributed by atoms with Crippen molar-refractivity contribution < 1.29 is 13.2 Å². The summed E-state index contributed by atoms with van der Waals surface area (Å²) >= 11 is 0.970. The van der Waals surface area contributed by atoms with Crippen molar-refractivity contribution in [3.05, 3.63) is 53.9 Å². The Morgan fingerprint density at radius 3 is 2.43 bits per heavy atom. The Hall–Kier alpha value is -1.86. The lowest BCUT2D eigenvalue weighted by Gasteiger charge is -2.29. The fraction of sp³-hybridized carbons (Fsp3) is 0.250. The van der Waals surface area contributed by atoms with Gasteiger partial charge in [0, 0.05) is 11.1 Å². The van der Waals surface area contributed by atoms with Crippen LogP contribution in [0.1, 0.15) is 17.2 Å². The summed E-state index contributed by atoms with van der Waals surface area (Å²) in [5.74, 6) is 0. The average molecular weight is 339 g/mol. The van der Waals surface area contributed by atoms with Crippen molar-refractivity contribution in [3.8, 4) is 0 Å². The van der Waals surface area contributed by atoms with Crippen LogP contribution in [0.4, 0.5) is 18.9 Å². The lowest BCUT2D eigenvalue weighted by molar-refractivity contribution is -0.169. The van der Waals surface area contributed by atoms with Gasteiger partial charge in [-0.1, -0.05) is 29.8 Å². The lowest BCUT2D eigenvalue weighted by Crippen LogP contribution is -2.31. The molecule has 0 radical (unpaired) electrons. The van der Waals surface area contributed by atoms with E-state index in [1.165, 1.54) is 35.9 Å². The number of alkyl halides is 3. The maximum Gasteiger partial charge on any atom is 0.408 e. The van der Waals surface area contributed by atoms with E-state index in [1.807, 2.05) is 6.92 Å². The number of hydrogen-bond donors (Lipinski definition) is 0. The van der Waals surface area contributed by atoms with Gasteiger partial charge in [0.1, 0.15) is 6.04 Å². The summed E-state index contributed by atoms with van der Waals surface area (Å²) in [7, 11) is 1.41. The second-order valence-electron chi connectivity index (χ2n) is 5.03. The van der Waals surface area contributed by atoms with Crippen molar-refractivity contribution in [2.45, 2.75) is 24.0 Å². The molecule has 1 atom stereocenters. The number of aliphatic imine (C=N–C) groups is 1. The average Bonchev–Trinajstić information content (AvgIpc) is 2.48. The van der Waals surface area contributed by atoms with E-state index in [-0.39, 0.29) is 5.56 Å². The number of aromatic nitrogens is 1. The monoisotopic (exact) mass is 339 g/mol. The molecule has 0 aliphatic carbocycles. The molecule has 2 rings (SSSR count). The molecule has 1 aromatic heterocycles. The smallest absolute Gasteiger partial charge is 0.263 e. The molecule has 1 aromatic carbocycles. The molecule has 3 nitrogen and oxygen atoms in total. The molecule has 7 heteroatoms. The molecule has 1 unspecified atom stereocenters. The quantitative estimate of drug-likeness (QED) is 0.569. The van der Waals surface area contributed by atoms with E-state index in [0.717, 1.165) is 17.5 Å². The third-order valence-corrected chi connectivity index (χ3v) is 4.13. The Balaban J connectivity index is 2.28. The van der Waals surface area contributed by atoms with Crippen LogP contribution in [0.2, 0.25) is 0 Å². The van der Waals surface area contributed by atoms with Crippen LogP contribution in [0.3, 0.4) is 0 Å². The number of pyridine rings is 1. The Bertz CT molecular complexity index is 671. The summed E-state index contributed by atoms with van der Waals surface area (Å²) in [5, 5.41) is 0. The zero-order valence-electron chi connectivity index (χ0n) is 12.7. The minimum Gasteiger partial charge on any atom is -0.263 e. The van der Waals surface area contributed by atoms with E-state index in [9.17, 15) is 13.2 Å². The predicted molar refractivity (Wildman–Crippen MR) is 87.0 cm³/mol. The van der Waals surface area contributed by atoms with Crippen molar-refractivity contribution >= 4 is 24.4 Å². The summed E-state index contributed by atoms with van der Waals surface area (Å²) in [4.78, 5) is 8.25. The van der Waals surface area contributed by atoms with Crippen LogP contribution in [0, 0.1) is 6.92 Å². The van der Waals surface area contributed by atoms with Gasteiger partial charge in [0.25, 0.3) is 0 Å². The molecule has 0 saturated heterocycles. The van der Waals surface area contributed by atoms with Crippen LogP contribution in [-0.2, 0) is 0 Å². The first-order chi connectivity index (χ1) is 10.8. The molecule has 1 heterocycles. The molecular weight excluding hydrogens is 323 g/mol. The summed E-state index contributed by atoms with van der Waals surface area (Å²) in [5.41, 5.74) is 1.63. The summed E-state index contributed by atoms with van der Waals surface area (Å²) in [6.45, 7) is 5.23. The van der Waals surface area contributed by atoms with Crippen LogP contribution >= 0.6 is 11.9 Å². The van der Waals surface area contributed by atoms with Gasteiger partial charge in [-0.15, -0.1) is 0 Å². The van der Waals surface area contributed by atoms with Gasteiger partial charge in [-0.2, -0.15) is 13.2 Å². The van der Waals surface area contributed by atoms with E-state index >= 15 is 0 Å². The van der Waals surface area contributed by atoms with Gasteiger partial charge in [-0.25, -0.2) is 4.31 Å². The lowest BCUT2D eigenvalue weighted by atomic mass is 10.1. The number of hydrogen-bond acceptors (Lipinski definition) is 4. The van der Waals surface area contributed by atoms with Gasteiger partial charge < -0.3 is 0 Å². The third kappa shape index (κ3) is 4.56. The van der Waals surface area contributed by atoms with Crippen LogP contribution in [0.15, 0.2) is 52.6 Å². The van der Waals surface area contributed by atoms with E-state index in [0.29, 0.717) is 10.6 Å². The van der Waals surface area contributed by atoms with Crippen molar-refractivity contribution in [1.29, 1.82) is 0 Å². The maximum absolute atomic E-state index is 13.5. The number of halogens is 3. The van der Waals surface area contributed by atoms with Gasteiger partial charge in [-0.05, 0) is 44.3 Å². The van der Waals surface area contributed by atoms with Crippen LogP contribution in [0.25, 0.3) is 0 Å². The molecule has 0 bridgehead atoms. The first-order valence-corrected chi connectivity index (χ1v) is 7.54. The standard InChI is InChI=1S/C16H16F3N3S/c1-11-4-6-12(7-5-11)15(16(17,18)19)22(3)23-14-8-13(20-2)9-21-10-14/h4-10,15H,2H2,1,3H3. The van der Waals surface area contributed by atoms with Crippen LogP contribution < -0.4 is 0 Å². The molecule has 122 valence electrons. The summed E-state index contributed by atoms with van der Waals surface area (Å²) < 4.78 is 41.7. The van der Waals surface area contributed by atoms with E-state index in [4.69, 9.17) is 0 Å². The largest absolute Gasteiger partial charge is 0.408 e. The molecule has 23 heavy (non-hydrogen) atoms. The predicted octanol–water partition coefficient (Wildman–Crippen LogP) is 4.96. The number of benzene rings is 1. The first kappa shape index (κ1) is 17.5. The molecule has 0 spiro atoms. The molecule has 0 saturated carbocycles. The van der Waals surface area contributed by atoms with Gasteiger partial charge in [-0.3, -0.25) is 9.98 Å². The van der Waals surface area contributed by atoms with Gasteiger partial charge in [0.2, 0.25) is 0 Å². The number of rotatable bonds is 5. The zero-order chi connectivity index (χ0) is 17.0. The molecule has 0 aliphatic heterocycles. The molecule has 2 aromatic rings. The Morgan fingerprint density at radius 1 is 1.22 bits per heavy atom. The molecule has 0 N–H and O–H groups in total. The highest BCUT2D eigenvalue weighted by molar-refractivity contribution is 7.97. The van der Waals surface area contributed by atoms with Gasteiger partial charge >= 0.3 is 6.18 Å². The van der Waals surface area contributed by atoms with Crippen molar-refractivity contribution in [3.63, 3.8) is 0 Å². The fourth-order valence-corrected chi connectivity index (χ4v) is 3.08. The van der Waals surface area contributed by atoms with Gasteiger partial charge in [0.15, 0.2) is 0 Å². The van der Waals surface area contributed by atoms with E-state index in [1.54, 1.807) is 18.2 Å². The number of nitrogens with zero attached hydrogens (tertiary/aromatic N) is 3. The second kappa shape index (κ2) is 7.14. The summed E-state index contributed by atoms with van der Waals surface area (Å²) in [6.07, 6.45) is -1.39. The molecular formula is C16H16F3N3S. The zero-order valence-corrected chi connectivity index (χ0v) is 13.5. The third-order valence-electron chi connectivity index (χ3n) is 3.20. The fourth-order valence-electron chi connectivity index (χ4n) is 2.12. The highest BCUT2D eigenvalue weighted by atomic mass is 32.2. The Morgan fingerprint density at radius 2 is 1.87 bits per heavy atom. The summed E-state index contributed by atoms with van der Waals surface area (Å²) in [6, 6.07) is 6.29. The Labute approximate surface area is 137 Å². The van der Waals surface area contributed by atoms with Crippen LogP contribution in [-0.4, -0.2) is 29.2 Å². The van der Waals surface area contributed by atoms with Crippen LogP contribution in [0.5, 0.6) is 0 Å². The normalized spacial score (nSPS) is 13.1.